The normalized spacial score (nSPS) is 17.9. The number of alkyl carbamates (subject to hydrolysis) is 1. The minimum atomic E-state index is -0.919. The Morgan fingerprint density at radius 1 is 1.14 bits per heavy atom. The lowest BCUT2D eigenvalue weighted by molar-refractivity contribution is -0.127. The quantitative estimate of drug-likeness (QED) is 0.320. The van der Waals surface area contributed by atoms with Crippen LogP contribution in [0.1, 0.15) is 85.3 Å². The van der Waals surface area contributed by atoms with E-state index in [1.54, 1.807) is 33.3 Å². The van der Waals surface area contributed by atoms with Gasteiger partial charge < -0.3 is 25.8 Å². The molecule has 1 fully saturated rings. The van der Waals surface area contributed by atoms with Gasteiger partial charge in [0.15, 0.2) is 0 Å². The van der Waals surface area contributed by atoms with Crippen LogP contribution in [-0.4, -0.2) is 58.8 Å². The Balaban J connectivity index is 2.22. The smallest absolute Gasteiger partial charge is 0.408 e. The average Bonchev–Trinajstić information content (AvgIpc) is 3.33. The predicted octanol–water partition coefficient (Wildman–Crippen LogP) is 3.80. The number of rotatable bonds is 12. The number of ether oxygens (including phenoxy) is 1. The number of carbonyl (C=O) groups is 3. The second kappa shape index (κ2) is 14.7. The minimum Gasteiger partial charge on any atom is -0.444 e. The van der Waals surface area contributed by atoms with Gasteiger partial charge in [-0.15, -0.1) is 11.3 Å². The van der Waals surface area contributed by atoms with Gasteiger partial charge >= 0.3 is 6.09 Å². The highest BCUT2D eigenvalue weighted by Crippen LogP contribution is 2.29. The average molecular weight is 539 g/mol. The summed E-state index contributed by atoms with van der Waals surface area (Å²) >= 11 is 1.41. The molecule has 0 aliphatic heterocycles. The molecule has 1 aliphatic carbocycles. The summed E-state index contributed by atoms with van der Waals surface area (Å²) in [4.78, 5) is 42.8. The highest BCUT2D eigenvalue weighted by atomic mass is 32.1. The Labute approximate surface area is 225 Å². The molecule has 2 rings (SSSR count). The van der Waals surface area contributed by atoms with Crippen LogP contribution in [0, 0.1) is 17.8 Å². The zero-order chi connectivity index (χ0) is 27.6. The SMILES string of the molecule is CNC(=O)[C@@H](C[C@H](O)[C@H](CC1CCCCC1)NC(=O)[C@H](Cc1cscn1)NC(=O)OC(C)(C)C)C(C)C. The third-order valence-electron chi connectivity index (χ3n) is 6.89. The summed E-state index contributed by atoms with van der Waals surface area (Å²) in [5.74, 6) is -0.477. The second-order valence-electron chi connectivity index (χ2n) is 11.5. The number of nitrogens with one attached hydrogen (secondary N) is 3. The van der Waals surface area contributed by atoms with Gasteiger partial charge in [0.25, 0.3) is 0 Å². The Morgan fingerprint density at radius 2 is 1.81 bits per heavy atom. The first-order valence-electron chi connectivity index (χ1n) is 13.5. The Bertz CT molecular complexity index is 849. The summed E-state index contributed by atoms with van der Waals surface area (Å²) in [6.07, 6.45) is 5.07. The van der Waals surface area contributed by atoms with Crippen LogP contribution < -0.4 is 16.0 Å². The third kappa shape index (κ3) is 11.0. The predicted molar refractivity (Wildman–Crippen MR) is 145 cm³/mol. The molecule has 0 saturated heterocycles. The van der Waals surface area contributed by atoms with E-state index >= 15 is 0 Å². The fourth-order valence-electron chi connectivity index (χ4n) is 4.88. The molecular weight excluding hydrogens is 492 g/mol. The minimum absolute atomic E-state index is 0.0341. The fourth-order valence-corrected chi connectivity index (χ4v) is 5.45. The van der Waals surface area contributed by atoms with Crippen molar-refractivity contribution in [1.29, 1.82) is 0 Å². The first-order chi connectivity index (χ1) is 17.4. The van der Waals surface area contributed by atoms with Crippen LogP contribution in [0.3, 0.4) is 0 Å². The molecule has 9 nitrogen and oxygen atoms in total. The number of aliphatic hydroxyl groups excluding tert-OH is 1. The molecular formula is C27H46N4O5S. The Morgan fingerprint density at radius 3 is 2.35 bits per heavy atom. The monoisotopic (exact) mass is 538 g/mol. The number of hydrogen-bond acceptors (Lipinski definition) is 7. The number of aromatic nitrogens is 1. The van der Waals surface area contributed by atoms with E-state index in [-0.39, 0.29) is 30.6 Å². The first kappa shape index (κ1) is 31.0. The summed E-state index contributed by atoms with van der Waals surface area (Å²) < 4.78 is 5.39. The number of amides is 3. The maximum atomic E-state index is 13.5. The number of nitrogens with zero attached hydrogens (tertiary/aromatic N) is 1. The van der Waals surface area contributed by atoms with Crippen molar-refractivity contribution in [2.45, 2.75) is 110 Å². The van der Waals surface area contributed by atoms with Crippen LogP contribution in [0.15, 0.2) is 10.9 Å². The standard InChI is InChI=1S/C27H46N4O5S/c1-17(2)20(24(33)28-6)14-23(32)21(12-18-10-8-7-9-11-18)30-25(34)22(13-19-15-37-16-29-19)31-26(35)36-27(3,4)5/h15-18,20-23,32H,7-14H2,1-6H3,(H,28,33)(H,30,34)(H,31,35)/t20-,21-,22-,23-/m0/s1. The van der Waals surface area contributed by atoms with Crippen LogP contribution in [0.2, 0.25) is 0 Å². The van der Waals surface area contributed by atoms with Crippen molar-refractivity contribution in [3.63, 3.8) is 0 Å². The maximum Gasteiger partial charge on any atom is 0.408 e. The summed E-state index contributed by atoms with van der Waals surface area (Å²) in [6.45, 7) is 9.19. The third-order valence-corrected chi connectivity index (χ3v) is 7.53. The summed E-state index contributed by atoms with van der Waals surface area (Å²) in [7, 11) is 1.59. The van der Waals surface area contributed by atoms with Gasteiger partial charge in [0.05, 0.1) is 23.4 Å². The molecule has 3 amide bonds. The fraction of sp³-hybridized carbons (Fsp3) is 0.778. The molecule has 0 spiro atoms. The number of hydrogen-bond donors (Lipinski definition) is 4. The molecule has 210 valence electrons. The maximum absolute atomic E-state index is 13.5. The van der Waals surface area contributed by atoms with E-state index in [9.17, 15) is 19.5 Å². The van der Waals surface area contributed by atoms with Gasteiger partial charge in [0.1, 0.15) is 11.6 Å². The summed E-state index contributed by atoms with van der Waals surface area (Å²) in [5, 5.41) is 21.6. The van der Waals surface area contributed by atoms with Crippen LogP contribution in [-0.2, 0) is 20.7 Å². The van der Waals surface area contributed by atoms with Gasteiger partial charge in [-0.25, -0.2) is 9.78 Å². The molecule has 1 aromatic heterocycles. The molecule has 1 aliphatic rings. The van der Waals surface area contributed by atoms with Crippen LogP contribution >= 0.6 is 11.3 Å². The molecule has 0 radical (unpaired) electrons. The van der Waals surface area contributed by atoms with Crippen LogP contribution in [0.25, 0.3) is 0 Å². The molecule has 1 saturated carbocycles. The molecule has 4 N–H and O–H groups in total. The van der Waals surface area contributed by atoms with E-state index in [2.05, 4.69) is 20.9 Å². The van der Waals surface area contributed by atoms with Crippen molar-refractivity contribution >= 4 is 29.2 Å². The Hall–Kier alpha value is -2.20. The number of aliphatic hydroxyl groups is 1. The number of carbonyl (C=O) groups excluding carboxylic acids is 3. The zero-order valence-corrected chi connectivity index (χ0v) is 24.0. The molecule has 1 aromatic rings. The molecule has 37 heavy (non-hydrogen) atoms. The number of thiazole rings is 1. The summed E-state index contributed by atoms with van der Waals surface area (Å²) in [5.41, 5.74) is 1.65. The van der Waals surface area contributed by atoms with Gasteiger partial charge in [0.2, 0.25) is 11.8 Å². The van der Waals surface area contributed by atoms with Crippen molar-refractivity contribution in [1.82, 2.24) is 20.9 Å². The van der Waals surface area contributed by atoms with Gasteiger partial charge in [-0.05, 0) is 45.4 Å². The van der Waals surface area contributed by atoms with Crippen LogP contribution in [0.5, 0.6) is 0 Å². The molecule has 0 unspecified atom stereocenters. The molecule has 10 heteroatoms. The second-order valence-corrected chi connectivity index (χ2v) is 12.2. The first-order valence-corrected chi connectivity index (χ1v) is 14.4. The van der Waals surface area contributed by atoms with Gasteiger partial charge in [-0.3, -0.25) is 9.59 Å². The summed E-state index contributed by atoms with van der Waals surface area (Å²) in [6, 6.07) is -1.46. The lowest BCUT2D eigenvalue weighted by Crippen LogP contribution is -2.55. The van der Waals surface area contributed by atoms with Crippen molar-refractivity contribution < 1.29 is 24.2 Å². The van der Waals surface area contributed by atoms with Crippen molar-refractivity contribution in [3.05, 3.63) is 16.6 Å². The van der Waals surface area contributed by atoms with Gasteiger partial charge in [-0.1, -0.05) is 46.0 Å². The van der Waals surface area contributed by atoms with Crippen molar-refractivity contribution in [2.24, 2.45) is 17.8 Å². The lowest BCUT2D eigenvalue weighted by atomic mass is 9.81. The molecule has 0 bridgehead atoms. The zero-order valence-electron chi connectivity index (χ0n) is 23.2. The van der Waals surface area contributed by atoms with E-state index in [1.165, 1.54) is 17.8 Å². The van der Waals surface area contributed by atoms with E-state index in [0.29, 0.717) is 18.0 Å². The van der Waals surface area contributed by atoms with E-state index in [4.69, 9.17) is 4.74 Å². The molecule has 1 heterocycles. The Kier molecular flexibility index (Phi) is 12.3. The molecule has 0 aromatic carbocycles. The highest BCUT2D eigenvalue weighted by Gasteiger charge is 2.34. The largest absolute Gasteiger partial charge is 0.444 e. The lowest BCUT2D eigenvalue weighted by Gasteiger charge is -2.33. The highest BCUT2D eigenvalue weighted by molar-refractivity contribution is 7.07. The van der Waals surface area contributed by atoms with E-state index in [0.717, 1.165) is 25.7 Å². The molecule has 4 atom stereocenters. The van der Waals surface area contributed by atoms with Gasteiger partial charge in [0, 0.05) is 24.8 Å². The van der Waals surface area contributed by atoms with E-state index < -0.39 is 35.8 Å². The van der Waals surface area contributed by atoms with Crippen LogP contribution in [0.4, 0.5) is 4.79 Å². The van der Waals surface area contributed by atoms with E-state index in [1.807, 2.05) is 19.2 Å². The van der Waals surface area contributed by atoms with Gasteiger partial charge in [-0.2, -0.15) is 0 Å². The van der Waals surface area contributed by atoms with Crippen molar-refractivity contribution in [3.8, 4) is 0 Å². The van der Waals surface area contributed by atoms with Crippen molar-refractivity contribution in [2.75, 3.05) is 7.05 Å². The topological polar surface area (TPSA) is 130 Å².